The first-order valence-electron chi connectivity index (χ1n) is 28.7. The number of hydrogen-bond acceptors (Lipinski definition) is 10. The lowest BCUT2D eigenvalue weighted by Gasteiger charge is -2.32. The fraction of sp³-hybridized carbons (Fsp3) is 0.567. The van der Waals surface area contributed by atoms with Gasteiger partial charge in [0.25, 0.3) is 11.8 Å². The lowest BCUT2D eigenvalue weighted by atomic mass is 9.87. The zero-order valence-corrected chi connectivity index (χ0v) is 46.1. The molecule has 4 aliphatic rings. The normalized spacial score (nSPS) is 20.2. The number of aromatic hydroxyl groups is 1. The molecule has 0 bridgehead atoms. The lowest BCUT2D eigenvalue weighted by Crippen LogP contribution is -2.55. The number of phenolic OH excluding ortho intramolecular Hbond substituents is 1. The highest BCUT2D eigenvalue weighted by molar-refractivity contribution is 6.00. The molecule has 2 fully saturated rings. The minimum Gasteiger partial charge on any atom is -0.508 e. The van der Waals surface area contributed by atoms with Crippen molar-refractivity contribution in [2.75, 3.05) is 33.2 Å². The first kappa shape index (κ1) is 58.9. The monoisotopic (exact) mass is 1070 g/mol. The van der Waals surface area contributed by atoms with Crippen LogP contribution in [0.4, 0.5) is 0 Å². The number of unbranched alkanes of at least 4 members (excludes halogenated alkanes) is 2. The maximum atomic E-state index is 14.3. The average molecular weight is 1070 g/mol. The van der Waals surface area contributed by atoms with Gasteiger partial charge in [-0.2, -0.15) is 0 Å². The van der Waals surface area contributed by atoms with Crippen molar-refractivity contribution in [2.45, 2.75) is 179 Å². The highest BCUT2D eigenvalue weighted by Crippen LogP contribution is 2.32. The van der Waals surface area contributed by atoms with Crippen LogP contribution in [0.3, 0.4) is 0 Å². The molecule has 0 radical (unpaired) electrons. The first-order valence-corrected chi connectivity index (χ1v) is 28.7. The number of carbonyl (C=O) groups is 8. The fourth-order valence-corrected chi connectivity index (χ4v) is 11.6. The van der Waals surface area contributed by atoms with Gasteiger partial charge in [0, 0.05) is 43.2 Å². The second kappa shape index (κ2) is 28.7. The average Bonchev–Trinajstić information content (AvgIpc) is 4.16. The number of fused-ring (bicyclic) bond motifs is 2. The number of phenols is 1. The molecule has 8 amide bonds. The van der Waals surface area contributed by atoms with Gasteiger partial charge in [-0.3, -0.25) is 38.4 Å². The highest BCUT2D eigenvalue weighted by Gasteiger charge is 2.41. The highest BCUT2D eigenvalue weighted by atomic mass is 16.3. The minimum absolute atomic E-state index is 0.0726. The summed E-state index contributed by atoms with van der Waals surface area (Å²) in [5.41, 5.74) is 4.83. The Morgan fingerprint density at radius 2 is 1.05 bits per heavy atom. The van der Waals surface area contributed by atoms with Gasteiger partial charge < -0.3 is 52.1 Å². The Kier molecular flexibility index (Phi) is 21.7. The van der Waals surface area contributed by atoms with Crippen LogP contribution in [0.2, 0.25) is 0 Å². The number of rotatable bonds is 25. The van der Waals surface area contributed by atoms with Crippen molar-refractivity contribution in [3.05, 3.63) is 100 Å². The Bertz CT molecular complexity index is 2610. The second-order valence-corrected chi connectivity index (χ2v) is 21.8. The van der Waals surface area contributed by atoms with Crippen LogP contribution >= 0.6 is 0 Å². The third-order valence-electron chi connectivity index (χ3n) is 16.1. The number of hydrogen-bond donors (Lipinski definition) is 8. The Balaban J connectivity index is 0.881. The summed E-state index contributed by atoms with van der Waals surface area (Å²) in [6.07, 6.45) is 11.8. The molecule has 8 unspecified atom stereocenters. The maximum Gasteiger partial charge on any atom is 0.251 e. The van der Waals surface area contributed by atoms with Crippen molar-refractivity contribution in [1.29, 1.82) is 0 Å². The maximum absolute atomic E-state index is 14.3. The zero-order valence-electron chi connectivity index (χ0n) is 46.1. The molecule has 0 saturated carbocycles. The van der Waals surface area contributed by atoms with Crippen molar-refractivity contribution in [3.63, 3.8) is 0 Å². The van der Waals surface area contributed by atoms with Gasteiger partial charge >= 0.3 is 0 Å². The molecular formula is C60H83N9O9. The first-order chi connectivity index (χ1) is 37.7. The quantitative estimate of drug-likeness (QED) is 0.0490. The lowest BCUT2D eigenvalue weighted by molar-refractivity contribution is -0.142. The predicted molar refractivity (Wildman–Crippen MR) is 297 cm³/mol. The van der Waals surface area contributed by atoms with Gasteiger partial charge in [0.1, 0.15) is 29.9 Å². The molecular weight excluding hydrogens is 991 g/mol. The number of nitrogens with one attached hydrogen (secondary N) is 7. The van der Waals surface area contributed by atoms with Crippen LogP contribution in [0.25, 0.3) is 0 Å². The summed E-state index contributed by atoms with van der Waals surface area (Å²) in [4.78, 5) is 112. The summed E-state index contributed by atoms with van der Waals surface area (Å²) in [6, 6.07) is 16.3. The Hall–Kier alpha value is -6.82. The summed E-state index contributed by atoms with van der Waals surface area (Å²) in [7, 11) is 1.66. The molecule has 2 aliphatic heterocycles. The van der Waals surface area contributed by atoms with E-state index in [1.165, 1.54) is 29.3 Å². The number of carbonyl (C=O) groups excluding carboxylic acids is 8. The number of amides is 8. The van der Waals surface area contributed by atoms with E-state index in [-0.39, 0.29) is 89.8 Å². The van der Waals surface area contributed by atoms with E-state index in [1.54, 1.807) is 23.8 Å². The van der Waals surface area contributed by atoms with E-state index in [0.717, 1.165) is 56.1 Å². The topological polar surface area (TPSA) is 247 Å². The van der Waals surface area contributed by atoms with E-state index in [1.807, 2.05) is 44.2 Å². The SMILES string of the molecule is CCCC(C)C(=O)NC(CCCCNC(=O)c1cc(O)cc(C(=O)NCCCCC(NC(=O)C(C)NC)C(=O)N2CCCC2C(=O)NC2CCCc3ccccc32)c1)C(=O)N1CCCC1C(=O)NC1CCCc2ccccc21. The number of likely N-dealkylation sites (N-methyl/N-ethyl adjacent to an activating group) is 1. The summed E-state index contributed by atoms with van der Waals surface area (Å²) in [5.74, 6) is -3.16. The molecule has 422 valence electrons. The van der Waals surface area contributed by atoms with Gasteiger partial charge in [0.15, 0.2) is 0 Å². The van der Waals surface area contributed by atoms with Gasteiger partial charge in [0.2, 0.25) is 35.4 Å². The van der Waals surface area contributed by atoms with Crippen molar-refractivity contribution in [2.24, 2.45) is 5.92 Å². The van der Waals surface area contributed by atoms with E-state index in [2.05, 4.69) is 55.4 Å². The van der Waals surface area contributed by atoms with Crippen LogP contribution in [0, 0.1) is 5.92 Å². The molecule has 3 aromatic rings. The molecule has 8 N–H and O–H groups in total. The molecule has 0 spiro atoms. The van der Waals surface area contributed by atoms with Gasteiger partial charge in [-0.15, -0.1) is 0 Å². The Morgan fingerprint density at radius 1 is 0.590 bits per heavy atom. The molecule has 2 aliphatic carbocycles. The van der Waals surface area contributed by atoms with Crippen molar-refractivity contribution >= 4 is 47.3 Å². The largest absolute Gasteiger partial charge is 0.508 e. The van der Waals surface area contributed by atoms with Gasteiger partial charge in [-0.25, -0.2) is 0 Å². The Labute approximate surface area is 459 Å². The molecule has 18 heteroatoms. The third kappa shape index (κ3) is 15.5. The van der Waals surface area contributed by atoms with E-state index in [9.17, 15) is 43.5 Å². The fourth-order valence-electron chi connectivity index (χ4n) is 11.6. The van der Waals surface area contributed by atoms with E-state index >= 15 is 0 Å². The van der Waals surface area contributed by atoms with E-state index in [0.29, 0.717) is 77.3 Å². The van der Waals surface area contributed by atoms with Crippen LogP contribution in [0.1, 0.15) is 179 Å². The summed E-state index contributed by atoms with van der Waals surface area (Å²) >= 11 is 0. The Morgan fingerprint density at radius 3 is 1.51 bits per heavy atom. The van der Waals surface area contributed by atoms with Crippen LogP contribution in [-0.4, -0.2) is 126 Å². The van der Waals surface area contributed by atoms with Crippen molar-refractivity contribution in [3.8, 4) is 5.75 Å². The zero-order chi connectivity index (χ0) is 55.7. The number of aryl methyl sites for hydroxylation is 2. The van der Waals surface area contributed by atoms with Crippen LogP contribution in [0.15, 0.2) is 66.7 Å². The third-order valence-corrected chi connectivity index (χ3v) is 16.1. The second-order valence-electron chi connectivity index (χ2n) is 21.8. The van der Waals surface area contributed by atoms with Crippen LogP contribution < -0.4 is 37.2 Å². The van der Waals surface area contributed by atoms with Gasteiger partial charge in [0.05, 0.1) is 18.1 Å². The van der Waals surface area contributed by atoms with Crippen molar-refractivity contribution in [1.82, 2.24) is 47.0 Å². The number of likely N-dealkylation sites (tertiary alicyclic amines) is 2. The standard InChI is InChI=1S/C60H83N9O9/c1-5-18-38(2)53(71)66-49(59(77)68-33-16-29-51(68)57(75)64-47-27-14-21-40-19-6-8-23-45(40)47)25-10-12-31-62-55(73)42-35-43(37-44(70)36-42)56(74)63-32-13-11-26-50(67-54(72)39(3)61-4)60(78)69-34-17-30-52(69)58(76)65-48-28-15-22-41-20-7-9-24-46(41)48/h6-9,19-20,23-24,35-39,47-52,61,70H,5,10-18,21-22,25-34H2,1-4H3,(H,62,73)(H,63,74)(H,64,75)(H,65,76)(H,66,71)(H,67,72). The number of nitrogens with zero attached hydrogens (tertiary/aromatic N) is 2. The molecule has 3 aromatic carbocycles. The summed E-state index contributed by atoms with van der Waals surface area (Å²) in [5, 5.41) is 31.5. The number of benzene rings is 3. The van der Waals surface area contributed by atoms with Crippen LogP contribution in [0.5, 0.6) is 5.75 Å². The molecule has 78 heavy (non-hydrogen) atoms. The van der Waals surface area contributed by atoms with E-state index < -0.39 is 42.0 Å². The molecule has 0 aromatic heterocycles. The van der Waals surface area contributed by atoms with Crippen LogP contribution in [-0.2, 0) is 41.6 Å². The molecule has 18 nitrogen and oxygen atoms in total. The molecule has 7 rings (SSSR count). The predicted octanol–water partition coefficient (Wildman–Crippen LogP) is 5.58. The molecule has 8 atom stereocenters. The van der Waals surface area contributed by atoms with Crippen molar-refractivity contribution < 1.29 is 43.5 Å². The van der Waals surface area contributed by atoms with Gasteiger partial charge in [-0.1, -0.05) is 68.8 Å². The summed E-state index contributed by atoms with van der Waals surface area (Å²) < 4.78 is 0. The smallest absolute Gasteiger partial charge is 0.251 e. The minimum atomic E-state index is -0.892. The van der Waals surface area contributed by atoms with E-state index in [4.69, 9.17) is 0 Å². The molecule has 2 saturated heterocycles. The van der Waals surface area contributed by atoms with Gasteiger partial charge in [-0.05, 0) is 164 Å². The molecule has 2 heterocycles. The summed E-state index contributed by atoms with van der Waals surface area (Å²) in [6.45, 7) is 6.77.